The van der Waals surface area contributed by atoms with Crippen molar-refractivity contribution in [3.63, 3.8) is 0 Å². The lowest BCUT2D eigenvalue weighted by molar-refractivity contribution is -0.200. The number of sulfonamides is 1. The zero-order chi connectivity index (χ0) is 25.4. The molecule has 4 rings (SSSR count). The minimum absolute atomic E-state index is 0.0821. The van der Waals surface area contributed by atoms with Gasteiger partial charge in [0.25, 0.3) is 0 Å². The van der Waals surface area contributed by atoms with Crippen LogP contribution in [0, 0.1) is 5.92 Å². The summed E-state index contributed by atoms with van der Waals surface area (Å²) in [7, 11) is -3.21. The fraction of sp³-hybridized carbons (Fsp3) is 0.652. The molecular formula is C23H30F3N3O5S. The summed E-state index contributed by atoms with van der Waals surface area (Å²) in [4.78, 5) is 17.9. The topological polar surface area (TPSA) is 89.0 Å². The van der Waals surface area contributed by atoms with Gasteiger partial charge in [-0.3, -0.25) is 4.98 Å². The fourth-order valence-electron chi connectivity index (χ4n) is 4.67. The molecule has 0 saturated carbocycles. The number of likely N-dealkylation sites (tertiary alicyclic amines) is 1. The largest absolute Gasteiger partial charge is 0.488 e. The molecule has 194 valence electrons. The van der Waals surface area contributed by atoms with Gasteiger partial charge in [0.05, 0.1) is 17.6 Å². The molecule has 0 aliphatic carbocycles. The molecule has 0 aromatic carbocycles. The van der Waals surface area contributed by atoms with E-state index in [4.69, 9.17) is 4.74 Å². The van der Waals surface area contributed by atoms with Gasteiger partial charge in [-0.15, -0.1) is 0 Å². The second-order valence-electron chi connectivity index (χ2n) is 9.17. The van der Waals surface area contributed by atoms with Gasteiger partial charge in [0.2, 0.25) is 10.0 Å². The van der Waals surface area contributed by atoms with Gasteiger partial charge in [-0.05, 0) is 50.7 Å². The Morgan fingerprint density at radius 2 is 2.00 bits per heavy atom. The van der Waals surface area contributed by atoms with Crippen molar-refractivity contribution in [2.45, 2.75) is 57.9 Å². The minimum atomic E-state index is -4.58. The molecule has 0 bridgehead atoms. The van der Waals surface area contributed by atoms with Crippen molar-refractivity contribution >= 4 is 21.7 Å². The predicted molar refractivity (Wildman–Crippen MR) is 122 cm³/mol. The molecule has 0 radical (unpaired) electrons. The van der Waals surface area contributed by atoms with Crippen LogP contribution >= 0.6 is 0 Å². The molecule has 8 nitrogen and oxygen atoms in total. The van der Waals surface area contributed by atoms with Gasteiger partial charge in [0.15, 0.2) is 6.10 Å². The molecule has 2 atom stereocenters. The first-order valence-electron chi connectivity index (χ1n) is 11.8. The minimum Gasteiger partial charge on any atom is -0.488 e. The maximum atomic E-state index is 12.7. The number of carbonyl (C=O) groups excluding carboxylic acids is 1. The molecule has 3 aliphatic heterocycles. The van der Waals surface area contributed by atoms with Gasteiger partial charge < -0.3 is 14.4 Å². The summed E-state index contributed by atoms with van der Waals surface area (Å²) in [6.07, 6.45) is -1.62. The van der Waals surface area contributed by atoms with Gasteiger partial charge >= 0.3 is 12.3 Å². The molecule has 3 aliphatic rings. The highest BCUT2D eigenvalue weighted by atomic mass is 32.2. The third-order valence-electron chi connectivity index (χ3n) is 6.97. The molecule has 0 spiro atoms. The molecule has 1 fully saturated rings. The number of aromatic nitrogens is 1. The Balaban J connectivity index is 1.32. The number of nitrogens with zero attached hydrogens (tertiary/aromatic N) is 3. The summed E-state index contributed by atoms with van der Waals surface area (Å²) in [6, 6.07) is 2.00. The van der Waals surface area contributed by atoms with E-state index in [9.17, 15) is 26.4 Å². The van der Waals surface area contributed by atoms with E-state index < -0.39 is 28.4 Å². The Hall–Kier alpha value is -2.34. The van der Waals surface area contributed by atoms with E-state index in [-0.39, 0.29) is 17.8 Å². The van der Waals surface area contributed by atoms with Crippen LogP contribution in [0.5, 0.6) is 5.75 Å². The van der Waals surface area contributed by atoms with Crippen molar-refractivity contribution < 1.29 is 35.9 Å². The summed E-state index contributed by atoms with van der Waals surface area (Å²) >= 11 is 0. The SMILES string of the molecule is CCS(=O)(=O)N1CC=C(c2cc3c(cn2)O[C@@H](C2CCN(C(=O)O[C@H](C)C(F)(F)F)CC2)C3)CC1. The summed E-state index contributed by atoms with van der Waals surface area (Å²) < 4.78 is 74.2. The first-order chi connectivity index (χ1) is 16.5. The van der Waals surface area contributed by atoms with Crippen LogP contribution in [-0.4, -0.2) is 79.0 Å². The Bertz CT molecular complexity index is 1080. The average Bonchev–Trinajstić information content (AvgIpc) is 3.27. The molecule has 1 aromatic rings. The summed E-state index contributed by atoms with van der Waals surface area (Å²) in [5.74, 6) is 0.960. The Morgan fingerprint density at radius 3 is 2.60 bits per heavy atom. The number of carbonyl (C=O) groups is 1. The van der Waals surface area contributed by atoms with Crippen molar-refractivity contribution in [2.75, 3.05) is 31.9 Å². The summed E-state index contributed by atoms with van der Waals surface area (Å²) in [6.45, 7) is 3.87. The Kier molecular flexibility index (Phi) is 7.33. The number of hydrogen-bond acceptors (Lipinski definition) is 6. The molecule has 1 amide bonds. The lowest BCUT2D eigenvalue weighted by Crippen LogP contribution is -2.44. The number of fused-ring (bicyclic) bond motifs is 1. The van der Waals surface area contributed by atoms with Crippen LogP contribution in [0.3, 0.4) is 0 Å². The quantitative estimate of drug-likeness (QED) is 0.593. The highest BCUT2D eigenvalue weighted by Gasteiger charge is 2.41. The number of alkyl halides is 3. The Labute approximate surface area is 203 Å². The maximum absolute atomic E-state index is 12.7. The summed E-state index contributed by atoms with van der Waals surface area (Å²) in [5, 5.41) is 0. The van der Waals surface area contributed by atoms with Crippen LogP contribution in [0.4, 0.5) is 18.0 Å². The first kappa shape index (κ1) is 25.7. The van der Waals surface area contributed by atoms with Crippen molar-refractivity contribution in [3.8, 4) is 5.75 Å². The molecule has 1 aromatic heterocycles. The number of amides is 1. The second-order valence-corrected chi connectivity index (χ2v) is 11.4. The van der Waals surface area contributed by atoms with Crippen LogP contribution in [0.25, 0.3) is 5.57 Å². The molecular weight excluding hydrogens is 487 g/mol. The van der Waals surface area contributed by atoms with Crippen molar-refractivity contribution in [1.82, 2.24) is 14.2 Å². The van der Waals surface area contributed by atoms with E-state index in [0.29, 0.717) is 57.6 Å². The van der Waals surface area contributed by atoms with Crippen molar-refractivity contribution in [2.24, 2.45) is 5.92 Å². The van der Waals surface area contributed by atoms with Gasteiger partial charge in [-0.25, -0.2) is 13.2 Å². The van der Waals surface area contributed by atoms with Crippen molar-refractivity contribution in [3.05, 3.63) is 29.6 Å². The van der Waals surface area contributed by atoms with Gasteiger partial charge in [-0.2, -0.15) is 17.5 Å². The van der Waals surface area contributed by atoms with E-state index in [1.807, 2.05) is 12.1 Å². The number of rotatable bonds is 5. The van der Waals surface area contributed by atoms with E-state index in [2.05, 4.69) is 9.72 Å². The maximum Gasteiger partial charge on any atom is 0.425 e. The predicted octanol–water partition coefficient (Wildman–Crippen LogP) is 3.62. The number of piperidine rings is 1. The van der Waals surface area contributed by atoms with Gasteiger partial charge in [0, 0.05) is 38.2 Å². The third kappa shape index (κ3) is 5.74. The number of halogens is 3. The number of hydrogen-bond donors (Lipinski definition) is 0. The zero-order valence-electron chi connectivity index (χ0n) is 19.8. The fourth-order valence-corrected chi connectivity index (χ4v) is 5.71. The van der Waals surface area contributed by atoms with Crippen LogP contribution in [-0.2, 0) is 21.2 Å². The van der Waals surface area contributed by atoms with E-state index in [0.717, 1.165) is 23.8 Å². The van der Waals surface area contributed by atoms with Crippen molar-refractivity contribution in [1.29, 1.82) is 0 Å². The van der Waals surface area contributed by atoms with Gasteiger partial charge in [-0.1, -0.05) is 6.08 Å². The van der Waals surface area contributed by atoms with Crippen LogP contribution < -0.4 is 4.74 Å². The van der Waals surface area contributed by atoms with E-state index in [1.54, 1.807) is 13.1 Å². The van der Waals surface area contributed by atoms with E-state index >= 15 is 0 Å². The normalized spacial score (nSPS) is 22.8. The lowest BCUT2D eigenvalue weighted by Gasteiger charge is -2.34. The number of pyridine rings is 1. The first-order valence-corrected chi connectivity index (χ1v) is 13.4. The molecule has 0 unspecified atom stereocenters. The Morgan fingerprint density at radius 1 is 1.29 bits per heavy atom. The summed E-state index contributed by atoms with van der Waals surface area (Å²) in [5.41, 5.74) is 2.86. The highest BCUT2D eigenvalue weighted by molar-refractivity contribution is 7.89. The molecule has 12 heteroatoms. The van der Waals surface area contributed by atoms with Gasteiger partial charge in [0.1, 0.15) is 11.9 Å². The molecule has 0 N–H and O–H groups in total. The lowest BCUT2D eigenvalue weighted by atomic mass is 9.89. The molecule has 35 heavy (non-hydrogen) atoms. The average molecular weight is 518 g/mol. The van der Waals surface area contributed by atoms with Crippen LogP contribution in [0.1, 0.15) is 44.4 Å². The smallest absolute Gasteiger partial charge is 0.425 e. The van der Waals surface area contributed by atoms with Crippen LogP contribution in [0.2, 0.25) is 0 Å². The zero-order valence-corrected chi connectivity index (χ0v) is 20.6. The second kappa shape index (κ2) is 9.96. The monoisotopic (exact) mass is 517 g/mol. The standard InChI is InChI=1S/C23H30F3N3O5S/c1-3-35(31,32)29-10-6-16(7-11-29)19-12-18-13-20(34-21(18)14-27-19)17-4-8-28(9-5-17)22(30)33-15(2)23(24,25)26/h6,12,14-15,17,20H,3-5,7-11,13H2,1-2H3/t15-,20-/m1/s1. The van der Waals surface area contributed by atoms with Crippen LogP contribution in [0.15, 0.2) is 18.3 Å². The molecule has 4 heterocycles. The third-order valence-corrected chi connectivity index (χ3v) is 8.82. The van der Waals surface area contributed by atoms with E-state index in [1.165, 1.54) is 9.21 Å². The number of ether oxygens (including phenoxy) is 2. The highest BCUT2D eigenvalue weighted by Crippen LogP contribution is 2.37. The molecule has 1 saturated heterocycles.